The Kier molecular flexibility index (Phi) is 24.4. The second-order valence-corrected chi connectivity index (χ2v) is 18.4. The van der Waals surface area contributed by atoms with Gasteiger partial charge in [0.2, 0.25) is 35.4 Å². The van der Waals surface area contributed by atoms with Crippen LogP contribution in [0.15, 0.2) is 66.7 Å². The minimum Gasteiger partial charge on any atom is -0.481 e. The lowest BCUT2D eigenvalue weighted by atomic mass is 9.85. The van der Waals surface area contributed by atoms with E-state index in [1.165, 1.54) is 0 Å². The molecule has 7 amide bonds. The first-order valence-electron chi connectivity index (χ1n) is 22.9. The number of carboxylic acids is 3. The van der Waals surface area contributed by atoms with Crippen molar-refractivity contribution < 1.29 is 68.4 Å². The summed E-state index contributed by atoms with van der Waals surface area (Å²) in [5, 5.41) is 56.8. The second-order valence-electron chi connectivity index (χ2n) is 18.4. The summed E-state index contributed by atoms with van der Waals surface area (Å²) < 4.78 is 0. The molecule has 0 saturated heterocycles. The van der Waals surface area contributed by atoms with Crippen molar-refractivity contribution in [3.63, 3.8) is 0 Å². The van der Waals surface area contributed by atoms with Crippen molar-refractivity contribution in [1.82, 2.24) is 37.2 Å². The maximum absolute atomic E-state index is 14.5. The van der Waals surface area contributed by atoms with E-state index in [0.717, 1.165) is 5.56 Å². The zero-order chi connectivity index (χ0) is 52.7. The molecule has 0 radical (unpaired) electrons. The molecule has 70 heavy (non-hydrogen) atoms. The molecule has 0 aliphatic rings. The van der Waals surface area contributed by atoms with Crippen LogP contribution in [0.4, 0.5) is 0 Å². The van der Waals surface area contributed by atoms with E-state index in [4.69, 9.17) is 5.11 Å². The molecule has 0 spiro atoms. The number of amides is 7. The van der Waals surface area contributed by atoms with Crippen molar-refractivity contribution in [3.05, 3.63) is 83.4 Å². The molecule has 11 N–H and O–H groups in total. The van der Waals surface area contributed by atoms with Gasteiger partial charge < -0.3 is 57.6 Å². The van der Waals surface area contributed by atoms with E-state index in [2.05, 4.69) is 37.2 Å². The van der Waals surface area contributed by atoms with Crippen molar-refractivity contribution in [3.8, 4) is 0 Å². The maximum Gasteiger partial charge on any atom is 0.305 e. The Morgan fingerprint density at radius 2 is 1.17 bits per heavy atom. The van der Waals surface area contributed by atoms with Gasteiger partial charge in [0.15, 0.2) is 6.10 Å². The number of carbonyl (C=O) groups is 10. The Morgan fingerprint density at radius 3 is 1.74 bits per heavy atom. The van der Waals surface area contributed by atoms with Crippen LogP contribution in [-0.2, 0) is 60.9 Å². The second kappa shape index (κ2) is 29.0. The Hall–Kier alpha value is -7.16. The van der Waals surface area contributed by atoms with Gasteiger partial charge in [0.1, 0.15) is 30.2 Å². The Balaban J connectivity index is 2.46. The summed E-state index contributed by atoms with van der Waals surface area (Å²) in [5.74, 6) is -10.8. The highest BCUT2D eigenvalue weighted by Gasteiger charge is 2.39. The van der Waals surface area contributed by atoms with Gasteiger partial charge in [-0.05, 0) is 61.1 Å². The number of carbonyl (C=O) groups excluding carboxylic acids is 7. The SMILES string of the molecule is C/C=C\CC(NC(=O)[C@H](CC(C)C)NC(=O)[C@@H](NC(=O)[C@H](Cc1ccccc1C)NC(=O)[C@H](CCC(=O)O)NC(=O)[C@H](CC(=O)O)NC(=O)CCC(=O)O)C(C)(C)C)C(O)C(=O)NCc1ccccc1. The van der Waals surface area contributed by atoms with Crippen LogP contribution < -0.4 is 37.2 Å². The molecule has 0 heterocycles. The number of aliphatic hydroxyl groups excluding tert-OH is 1. The molecule has 2 rings (SSSR count). The predicted molar refractivity (Wildman–Crippen MR) is 255 cm³/mol. The molecule has 0 saturated carbocycles. The molecule has 2 aromatic rings. The van der Waals surface area contributed by atoms with Crippen LogP contribution in [0, 0.1) is 18.3 Å². The fourth-order valence-corrected chi connectivity index (χ4v) is 7.00. The van der Waals surface area contributed by atoms with Gasteiger partial charge in [0.05, 0.1) is 18.9 Å². The van der Waals surface area contributed by atoms with Crippen molar-refractivity contribution in [2.24, 2.45) is 11.3 Å². The Labute approximate surface area is 407 Å². The highest BCUT2D eigenvalue weighted by molar-refractivity contribution is 5.98. The monoisotopic (exact) mass is 979 g/mol. The molecule has 21 heteroatoms. The maximum atomic E-state index is 14.5. The van der Waals surface area contributed by atoms with E-state index in [9.17, 15) is 63.3 Å². The van der Waals surface area contributed by atoms with Gasteiger partial charge in [-0.3, -0.25) is 47.9 Å². The highest BCUT2D eigenvalue weighted by Crippen LogP contribution is 2.21. The largest absolute Gasteiger partial charge is 0.481 e. The third kappa shape index (κ3) is 21.4. The number of hydrogen-bond acceptors (Lipinski definition) is 11. The lowest BCUT2D eigenvalue weighted by Crippen LogP contribution is -2.62. The first-order valence-corrected chi connectivity index (χ1v) is 22.9. The van der Waals surface area contributed by atoms with Gasteiger partial charge in [-0.15, -0.1) is 0 Å². The number of benzene rings is 2. The molecule has 0 bridgehead atoms. The number of aliphatic carboxylic acids is 3. The van der Waals surface area contributed by atoms with Crippen LogP contribution in [-0.4, -0.2) is 122 Å². The lowest BCUT2D eigenvalue weighted by Gasteiger charge is -2.34. The fourth-order valence-electron chi connectivity index (χ4n) is 7.00. The summed E-state index contributed by atoms with van der Waals surface area (Å²) in [6.07, 6.45) is -1.82. The van der Waals surface area contributed by atoms with Crippen molar-refractivity contribution in [1.29, 1.82) is 0 Å². The fraction of sp³-hybridized carbons (Fsp3) is 0.510. The lowest BCUT2D eigenvalue weighted by molar-refractivity contribution is -0.142. The molecule has 384 valence electrons. The van der Waals surface area contributed by atoms with E-state index >= 15 is 0 Å². The molecule has 7 atom stereocenters. The Morgan fingerprint density at radius 1 is 0.614 bits per heavy atom. The normalized spacial score (nSPS) is 14.4. The molecule has 0 aliphatic carbocycles. The third-order valence-corrected chi connectivity index (χ3v) is 10.9. The minimum absolute atomic E-state index is 0.0636. The number of rotatable bonds is 29. The molecule has 0 fully saturated rings. The van der Waals surface area contributed by atoms with Gasteiger partial charge in [0.25, 0.3) is 5.91 Å². The zero-order valence-corrected chi connectivity index (χ0v) is 40.7. The van der Waals surface area contributed by atoms with Crippen LogP contribution in [0.25, 0.3) is 0 Å². The van der Waals surface area contributed by atoms with Gasteiger partial charge in [-0.1, -0.05) is 101 Å². The van der Waals surface area contributed by atoms with Crippen molar-refractivity contribution in [2.45, 2.75) is 149 Å². The average Bonchev–Trinajstić information content (AvgIpc) is 3.28. The van der Waals surface area contributed by atoms with Crippen LogP contribution in [0.3, 0.4) is 0 Å². The number of carboxylic acid groups (broad SMARTS) is 3. The first kappa shape index (κ1) is 59.0. The molecular formula is C49H69N7O14. The van der Waals surface area contributed by atoms with Gasteiger partial charge in [-0.25, -0.2) is 0 Å². The van der Waals surface area contributed by atoms with E-state index in [1.807, 2.05) is 19.9 Å². The average molecular weight is 980 g/mol. The summed E-state index contributed by atoms with van der Waals surface area (Å²) in [6, 6.07) is 7.13. The number of aryl methyl sites for hydroxylation is 1. The van der Waals surface area contributed by atoms with Crippen LogP contribution in [0.5, 0.6) is 0 Å². The van der Waals surface area contributed by atoms with Crippen molar-refractivity contribution >= 4 is 59.3 Å². The van der Waals surface area contributed by atoms with Gasteiger partial charge in [-0.2, -0.15) is 0 Å². The summed E-state index contributed by atoms with van der Waals surface area (Å²) in [4.78, 5) is 130. The van der Waals surface area contributed by atoms with E-state index in [0.29, 0.717) is 11.1 Å². The van der Waals surface area contributed by atoms with E-state index in [-0.39, 0.29) is 31.7 Å². The van der Waals surface area contributed by atoms with Crippen molar-refractivity contribution in [2.75, 3.05) is 0 Å². The van der Waals surface area contributed by atoms with Crippen LogP contribution in [0.1, 0.15) is 103 Å². The zero-order valence-electron chi connectivity index (χ0n) is 40.7. The van der Waals surface area contributed by atoms with Crippen LogP contribution >= 0.6 is 0 Å². The summed E-state index contributed by atoms with van der Waals surface area (Å²) in [5.41, 5.74) is 1.02. The standard InChI is InChI=1S/C49H69N7O14/c1-8-9-19-32(41(64)47(69)50-27-30-16-11-10-12-17-30)52-44(66)34(24-28(2)3)55-48(70)42(49(5,6)7)56-46(68)35(25-31-18-14-13-15-29(31)4)54-43(65)33(20-22-38(58)59)53-45(67)36(26-40(62)63)51-37(57)21-23-39(60)61/h8-18,28,32-36,41-42,64H,19-27H2,1-7H3,(H,50,69)(H,51,57)(H,52,66)(H,53,67)(H,54,65)(H,55,70)(H,56,68)(H,58,59)(H,60,61)(H,62,63)/b9-8-/t32?,33-,34-,35-,36-,41?,42+/m0/s1. The van der Waals surface area contributed by atoms with Gasteiger partial charge in [0, 0.05) is 25.8 Å². The topological polar surface area (TPSA) is 336 Å². The van der Waals surface area contributed by atoms with Crippen LogP contribution in [0.2, 0.25) is 0 Å². The number of nitrogens with one attached hydrogen (secondary N) is 7. The first-order chi connectivity index (χ1) is 32.8. The molecular weight excluding hydrogens is 911 g/mol. The summed E-state index contributed by atoms with van der Waals surface area (Å²) in [7, 11) is 0. The molecule has 2 aromatic carbocycles. The number of hydrogen-bond donors (Lipinski definition) is 11. The van der Waals surface area contributed by atoms with E-state index in [1.54, 1.807) is 95.3 Å². The Bertz CT molecular complexity index is 2180. The van der Waals surface area contributed by atoms with E-state index < -0.39 is 139 Å². The smallest absolute Gasteiger partial charge is 0.305 e. The summed E-state index contributed by atoms with van der Waals surface area (Å²) in [6.45, 7) is 12.2. The minimum atomic E-state index is -1.81. The molecule has 21 nitrogen and oxygen atoms in total. The predicted octanol–water partition coefficient (Wildman–Crippen LogP) is 1.39. The molecule has 0 aliphatic heterocycles. The highest BCUT2D eigenvalue weighted by atomic mass is 16.4. The molecule has 2 unspecified atom stereocenters. The quantitative estimate of drug-likeness (QED) is 0.0514. The molecule has 0 aromatic heterocycles. The summed E-state index contributed by atoms with van der Waals surface area (Å²) >= 11 is 0. The van der Waals surface area contributed by atoms with Gasteiger partial charge >= 0.3 is 17.9 Å². The number of allylic oxidation sites excluding steroid dienone is 1. The third-order valence-electron chi connectivity index (χ3n) is 10.9. The number of aliphatic hydroxyl groups is 1.